The number of pyridine rings is 1. The third-order valence-corrected chi connectivity index (χ3v) is 5.47. The number of rotatable bonds is 3. The van der Waals surface area contributed by atoms with Gasteiger partial charge in [-0.15, -0.1) is 10.2 Å². The highest BCUT2D eigenvalue weighted by molar-refractivity contribution is 7.11. The van der Waals surface area contributed by atoms with E-state index in [1.54, 1.807) is 12.3 Å². The lowest BCUT2D eigenvalue weighted by molar-refractivity contribution is -0.117. The minimum absolute atomic E-state index is 0.106. The van der Waals surface area contributed by atoms with E-state index in [-0.39, 0.29) is 29.5 Å². The molecule has 3 heterocycles. The second-order valence-electron chi connectivity index (χ2n) is 7.33. The molecule has 11 heteroatoms. The standard InChI is InChI=1S/C19H18N6O4S/c1-19(2)8-12(26)22-14-10(7-11(15(27)13(14)19)21-18(28)29-3)23-24-17-9-5-4-6-20-16(9)25-30-17/h4-7,27H,8H2,1-3H3,(H,21,28)(H,22,26). The monoisotopic (exact) mass is 426 g/mol. The van der Waals surface area contributed by atoms with Gasteiger partial charge in [0.15, 0.2) is 10.6 Å². The molecule has 0 radical (unpaired) electrons. The van der Waals surface area contributed by atoms with Gasteiger partial charge in [0, 0.05) is 23.6 Å². The van der Waals surface area contributed by atoms with Crippen LogP contribution in [-0.4, -0.2) is 33.6 Å². The highest BCUT2D eigenvalue weighted by Gasteiger charge is 2.37. The van der Waals surface area contributed by atoms with Crippen LogP contribution < -0.4 is 10.6 Å². The Balaban J connectivity index is 1.86. The number of nitrogens with zero attached hydrogens (tertiary/aromatic N) is 4. The molecule has 0 saturated heterocycles. The minimum Gasteiger partial charge on any atom is -0.505 e. The zero-order valence-electron chi connectivity index (χ0n) is 16.4. The summed E-state index contributed by atoms with van der Waals surface area (Å²) in [5, 5.41) is 25.9. The molecule has 3 aromatic rings. The summed E-state index contributed by atoms with van der Waals surface area (Å²) in [7, 11) is 1.22. The maximum absolute atomic E-state index is 12.3. The number of phenolic OH excluding ortho intramolecular Hbond substituents is 1. The quantitative estimate of drug-likeness (QED) is 0.413. The largest absolute Gasteiger partial charge is 0.505 e. The summed E-state index contributed by atoms with van der Waals surface area (Å²) in [6.45, 7) is 3.66. The van der Waals surface area contributed by atoms with Gasteiger partial charge in [0.2, 0.25) is 5.91 Å². The normalized spacial score (nSPS) is 15.1. The molecule has 1 aliphatic rings. The molecule has 0 atom stereocenters. The van der Waals surface area contributed by atoms with Gasteiger partial charge >= 0.3 is 6.09 Å². The summed E-state index contributed by atoms with van der Waals surface area (Å²) in [4.78, 5) is 28.2. The molecular weight excluding hydrogens is 408 g/mol. The Morgan fingerprint density at radius 3 is 2.97 bits per heavy atom. The average molecular weight is 426 g/mol. The molecule has 0 bridgehead atoms. The third-order valence-electron chi connectivity index (χ3n) is 4.73. The number of fused-ring (bicyclic) bond motifs is 2. The van der Waals surface area contributed by atoms with E-state index in [0.717, 1.165) is 16.9 Å². The van der Waals surface area contributed by atoms with Crippen molar-refractivity contribution in [1.82, 2.24) is 9.36 Å². The van der Waals surface area contributed by atoms with E-state index in [4.69, 9.17) is 0 Å². The van der Waals surface area contributed by atoms with Crippen LogP contribution in [0.5, 0.6) is 5.75 Å². The fourth-order valence-electron chi connectivity index (χ4n) is 3.40. The van der Waals surface area contributed by atoms with E-state index in [1.165, 1.54) is 13.2 Å². The van der Waals surface area contributed by atoms with E-state index in [1.807, 2.05) is 19.9 Å². The number of carbonyl (C=O) groups excluding carboxylic acids is 2. The smallest absolute Gasteiger partial charge is 0.411 e. The fraction of sp³-hybridized carbons (Fsp3) is 0.263. The number of nitrogens with one attached hydrogen (secondary N) is 2. The lowest BCUT2D eigenvalue weighted by Crippen LogP contribution is -2.33. The highest BCUT2D eigenvalue weighted by Crippen LogP contribution is 2.50. The fourth-order valence-corrected chi connectivity index (χ4v) is 4.05. The van der Waals surface area contributed by atoms with Crippen molar-refractivity contribution in [2.75, 3.05) is 17.7 Å². The summed E-state index contributed by atoms with van der Waals surface area (Å²) in [5.41, 5.74) is 1.06. The molecular formula is C19H18N6O4S. The molecule has 1 aliphatic heterocycles. The van der Waals surface area contributed by atoms with Crippen molar-refractivity contribution in [2.24, 2.45) is 10.2 Å². The molecule has 10 nitrogen and oxygen atoms in total. The summed E-state index contributed by atoms with van der Waals surface area (Å²) in [6, 6.07) is 5.04. The number of ether oxygens (including phenoxy) is 1. The number of amides is 2. The first-order valence-corrected chi connectivity index (χ1v) is 9.75. The number of benzene rings is 1. The Hall–Kier alpha value is -3.60. The van der Waals surface area contributed by atoms with E-state index in [0.29, 0.717) is 21.9 Å². The molecule has 4 rings (SSSR count). The molecule has 0 unspecified atom stereocenters. The Labute approximate surface area is 175 Å². The van der Waals surface area contributed by atoms with Crippen molar-refractivity contribution in [2.45, 2.75) is 25.7 Å². The van der Waals surface area contributed by atoms with Crippen molar-refractivity contribution in [3.05, 3.63) is 30.0 Å². The summed E-state index contributed by atoms with van der Waals surface area (Å²) >= 11 is 1.14. The van der Waals surface area contributed by atoms with E-state index in [9.17, 15) is 14.7 Å². The van der Waals surface area contributed by atoms with Crippen LogP contribution in [0.4, 0.5) is 26.9 Å². The zero-order chi connectivity index (χ0) is 21.5. The Morgan fingerprint density at radius 2 is 2.20 bits per heavy atom. The van der Waals surface area contributed by atoms with Gasteiger partial charge in [0.05, 0.1) is 23.9 Å². The van der Waals surface area contributed by atoms with Crippen LogP contribution in [0.15, 0.2) is 34.6 Å². The summed E-state index contributed by atoms with van der Waals surface area (Å²) < 4.78 is 8.86. The number of carbonyl (C=O) groups is 2. The molecule has 154 valence electrons. The Morgan fingerprint density at radius 1 is 1.40 bits per heavy atom. The first kappa shape index (κ1) is 19.7. The number of anilines is 2. The number of azo groups is 1. The molecule has 30 heavy (non-hydrogen) atoms. The lowest BCUT2D eigenvalue weighted by atomic mass is 9.77. The summed E-state index contributed by atoms with van der Waals surface area (Å²) in [5.74, 6) is -0.365. The van der Waals surface area contributed by atoms with Crippen molar-refractivity contribution in [3.63, 3.8) is 0 Å². The second-order valence-corrected chi connectivity index (χ2v) is 8.08. The predicted octanol–water partition coefficient (Wildman–Crippen LogP) is 4.61. The number of aromatic nitrogens is 2. The van der Waals surface area contributed by atoms with E-state index < -0.39 is 11.5 Å². The number of hydrogen-bond acceptors (Lipinski definition) is 9. The minimum atomic E-state index is -0.745. The van der Waals surface area contributed by atoms with E-state index in [2.05, 4.69) is 35.0 Å². The summed E-state index contributed by atoms with van der Waals surface area (Å²) in [6.07, 6.45) is 1.06. The van der Waals surface area contributed by atoms with Gasteiger partial charge in [-0.05, 0) is 29.7 Å². The molecule has 0 spiro atoms. The predicted molar refractivity (Wildman–Crippen MR) is 112 cm³/mol. The molecule has 0 saturated carbocycles. The first-order chi connectivity index (χ1) is 14.3. The van der Waals surface area contributed by atoms with Crippen LogP contribution in [0, 0.1) is 0 Å². The van der Waals surface area contributed by atoms with Gasteiger partial charge in [0.1, 0.15) is 11.4 Å². The van der Waals surface area contributed by atoms with Gasteiger partial charge in [-0.3, -0.25) is 10.1 Å². The van der Waals surface area contributed by atoms with Gasteiger partial charge in [0.25, 0.3) is 0 Å². The third kappa shape index (κ3) is 3.43. The number of hydrogen-bond donors (Lipinski definition) is 3. The zero-order valence-corrected chi connectivity index (χ0v) is 17.2. The van der Waals surface area contributed by atoms with Gasteiger partial charge in [-0.1, -0.05) is 13.8 Å². The second kappa shape index (κ2) is 7.34. The molecule has 3 N–H and O–H groups in total. The average Bonchev–Trinajstić information content (AvgIpc) is 3.11. The van der Waals surface area contributed by atoms with E-state index >= 15 is 0 Å². The van der Waals surface area contributed by atoms with Gasteiger partial charge in [-0.2, -0.15) is 4.37 Å². The van der Waals surface area contributed by atoms with Crippen LogP contribution in [0.3, 0.4) is 0 Å². The molecule has 2 aromatic heterocycles. The van der Waals surface area contributed by atoms with Crippen molar-refractivity contribution < 1.29 is 19.4 Å². The number of aromatic hydroxyl groups is 1. The van der Waals surface area contributed by atoms with Crippen LogP contribution in [0.25, 0.3) is 11.0 Å². The molecule has 2 amide bonds. The van der Waals surface area contributed by atoms with Crippen LogP contribution in [0.2, 0.25) is 0 Å². The van der Waals surface area contributed by atoms with Crippen LogP contribution >= 0.6 is 11.5 Å². The molecule has 1 aromatic carbocycles. The number of phenols is 1. The van der Waals surface area contributed by atoms with Gasteiger partial charge < -0.3 is 15.2 Å². The van der Waals surface area contributed by atoms with Crippen LogP contribution in [-0.2, 0) is 14.9 Å². The van der Waals surface area contributed by atoms with Gasteiger partial charge in [-0.25, -0.2) is 9.78 Å². The highest BCUT2D eigenvalue weighted by atomic mass is 32.1. The lowest BCUT2D eigenvalue weighted by Gasteiger charge is -2.33. The Kier molecular flexibility index (Phi) is 4.82. The maximum Gasteiger partial charge on any atom is 0.411 e. The maximum atomic E-state index is 12.3. The molecule has 0 aliphatic carbocycles. The molecule has 0 fully saturated rings. The van der Waals surface area contributed by atoms with Crippen LogP contribution in [0.1, 0.15) is 25.8 Å². The Bertz CT molecular complexity index is 1200. The number of methoxy groups -OCH3 is 1. The van der Waals surface area contributed by atoms with Crippen molar-refractivity contribution >= 4 is 56.6 Å². The SMILES string of the molecule is COC(=O)Nc1cc(N=Nc2snc3ncccc23)c2c(c1O)C(C)(C)CC(=O)N2. The van der Waals surface area contributed by atoms with Crippen molar-refractivity contribution in [3.8, 4) is 5.75 Å². The van der Waals surface area contributed by atoms with Crippen molar-refractivity contribution in [1.29, 1.82) is 0 Å². The topological polar surface area (TPSA) is 138 Å². The first-order valence-electron chi connectivity index (χ1n) is 8.97.